The molecule has 0 saturated carbocycles. The lowest BCUT2D eigenvalue weighted by molar-refractivity contribution is -0.174. The van der Waals surface area contributed by atoms with Gasteiger partial charge < -0.3 is 10.5 Å². The van der Waals surface area contributed by atoms with Crippen LogP contribution in [0.2, 0.25) is 0 Å². The van der Waals surface area contributed by atoms with E-state index in [0.717, 1.165) is 0 Å². The van der Waals surface area contributed by atoms with Gasteiger partial charge in [-0.25, -0.2) is 4.79 Å². The van der Waals surface area contributed by atoms with Crippen LogP contribution in [-0.2, 0) is 9.53 Å². The van der Waals surface area contributed by atoms with Gasteiger partial charge in [-0.2, -0.15) is 14.0 Å². The Morgan fingerprint density at radius 3 is 2.83 bits per heavy atom. The summed E-state index contributed by atoms with van der Waals surface area (Å²) in [4.78, 5) is 11.1. The SMILES string of the molecule is CCOC(=O)C(F)(F)[C@@H](N)c1cccc(C#N)c1. The number of halogens is 2. The van der Waals surface area contributed by atoms with Crippen molar-refractivity contribution >= 4 is 5.97 Å². The Labute approximate surface area is 103 Å². The van der Waals surface area contributed by atoms with Gasteiger partial charge in [-0.1, -0.05) is 12.1 Å². The second-order valence-corrected chi connectivity index (χ2v) is 3.56. The molecular weight excluding hydrogens is 242 g/mol. The molecule has 0 radical (unpaired) electrons. The van der Waals surface area contributed by atoms with Crippen LogP contribution in [0.4, 0.5) is 8.78 Å². The van der Waals surface area contributed by atoms with Crippen molar-refractivity contribution in [2.24, 2.45) is 5.73 Å². The van der Waals surface area contributed by atoms with Crippen LogP contribution in [0.3, 0.4) is 0 Å². The molecule has 0 aliphatic rings. The normalized spacial score (nSPS) is 12.6. The minimum Gasteiger partial charge on any atom is -0.462 e. The minimum atomic E-state index is -3.83. The lowest BCUT2D eigenvalue weighted by Crippen LogP contribution is -2.41. The molecule has 1 aromatic carbocycles. The molecule has 96 valence electrons. The van der Waals surface area contributed by atoms with Crippen LogP contribution in [0.1, 0.15) is 24.1 Å². The molecule has 0 bridgehead atoms. The van der Waals surface area contributed by atoms with Crippen LogP contribution in [0.15, 0.2) is 24.3 Å². The molecule has 18 heavy (non-hydrogen) atoms. The molecule has 0 spiro atoms. The largest absolute Gasteiger partial charge is 0.462 e. The van der Waals surface area contributed by atoms with E-state index in [1.165, 1.54) is 31.2 Å². The summed E-state index contributed by atoms with van der Waals surface area (Å²) in [6.07, 6.45) is 0. The molecule has 1 atom stereocenters. The van der Waals surface area contributed by atoms with Crippen LogP contribution < -0.4 is 5.73 Å². The number of ether oxygens (including phenoxy) is 1. The van der Waals surface area contributed by atoms with Crippen LogP contribution in [0, 0.1) is 11.3 Å². The third-order valence-electron chi connectivity index (χ3n) is 2.31. The summed E-state index contributed by atoms with van der Waals surface area (Å²) in [5.74, 6) is -5.50. The smallest absolute Gasteiger partial charge is 0.379 e. The number of esters is 1. The molecule has 0 fully saturated rings. The number of nitriles is 1. The Bertz CT molecular complexity index is 483. The van der Waals surface area contributed by atoms with Crippen molar-refractivity contribution in [2.75, 3.05) is 6.61 Å². The number of alkyl halides is 2. The highest BCUT2D eigenvalue weighted by Crippen LogP contribution is 2.30. The van der Waals surface area contributed by atoms with E-state index in [1.807, 2.05) is 6.07 Å². The average Bonchev–Trinajstić information content (AvgIpc) is 2.38. The first-order valence-electron chi connectivity index (χ1n) is 5.24. The summed E-state index contributed by atoms with van der Waals surface area (Å²) >= 11 is 0. The predicted molar refractivity (Wildman–Crippen MR) is 59.7 cm³/mol. The average molecular weight is 254 g/mol. The zero-order chi connectivity index (χ0) is 13.8. The van der Waals surface area contributed by atoms with Gasteiger partial charge in [-0.05, 0) is 24.6 Å². The summed E-state index contributed by atoms with van der Waals surface area (Å²) < 4.78 is 31.5. The minimum absolute atomic E-state index is 0.00658. The van der Waals surface area contributed by atoms with E-state index < -0.39 is 17.9 Å². The molecule has 4 nitrogen and oxygen atoms in total. The van der Waals surface area contributed by atoms with E-state index in [-0.39, 0.29) is 17.7 Å². The molecule has 2 N–H and O–H groups in total. The molecule has 1 aromatic rings. The van der Waals surface area contributed by atoms with Gasteiger partial charge in [0.1, 0.15) is 6.04 Å². The number of hydrogen-bond donors (Lipinski definition) is 1. The summed E-state index contributed by atoms with van der Waals surface area (Å²) in [6.45, 7) is 1.27. The van der Waals surface area contributed by atoms with Gasteiger partial charge in [0.2, 0.25) is 0 Å². The Morgan fingerprint density at radius 1 is 1.61 bits per heavy atom. The molecule has 0 aromatic heterocycles. The zero-order valence-corrected chi connectivity index (χ0v) is 9.69. The number of hydrogen-bond acceptors (Lipinski definition) is 4. The highest BCUT2D eigenvalue weighted by atomic mass is 19.3. The standard InChI is InChI=1S/C12H12F2N2O2/c1-2-18-11(17)12(13,14)10(16)9-5-3-4-8(6-9)7-15/h3-6,10H,2,16H2,1H3/t10-/m0/s1. The third-order valence-corrected chi connectivity index (χ3v) is 2.31. The molecule has 0 saturated heterocycles. The van der Waals surface area contributed by atoms with Crippen molar-refractivity contribution in [1.29, 1.82) is 5.26 Å². The van der Waals surface area contributed by atoms with E-state index in [4.69, 9.17) is 11.0 Å². The number of rotatable bonds is 4. The van der Waals surface area contributed by atoms with E-state index in [9.17, 15) is 13.6 Å². The van der Waals surface area contributed by atoms with Crippen molar-refractivity contribution in [3.05, 3.63) is 35.4 Å². The van der Waals surface area contributed by atoms with Crippen LogP contribution >= 0.6 is 0 Å². The molecule has 0 aliphatic carbocycles. The number of nitrogens with two attached hydrogens (primary N) is 1. The van der Waals surface area contributed by atoms with E-state index in [2.05, 4.69) is 4.74 Å². The summed E-state index contributed by atoms with van der Waals surface area (Å²) in [7, 11) is 0. The van der Waals surface area contributed by atoms with Crippen LogP contribution in [0.25, 0.3) is 0 Å². The van der Waals surface area contributed by atoms with E-state index in [1.54, 1.807) is 0 Å². The maximum atomic E-state index is 13.6. The van der Waals surface area contributed by atoms with E-state index in [0.29, 0.717) is 0 Å². The second kappa shape index (κ2) is 5.56. The lowest BCUT2D eigenvalue weighted by Gasteiger charge is -2.21. The number of carbonyl (C=O) groups excluding carboxylic acids is 1. The zero-order valence-electron chi connectivity index (χ0n) is 9.69. The fourth-order valence-electron chi connectivity index (χ4n) is 1.37. The summed E-state index contributed by atoms with van der Waals surface area (Å²) in [5, 5.41) is 8.67. The predicted octanol–water partition coefficient (Wildman–Crippen LogP) is 1.76. The van der Waals surface area contributed by atoms with Gasteiger partial charge in [0.15, 0.2) is 0 Å². The fourth-order valence-corrected chi connectivity index (χ4v) is 1.37. The van der Waals surface area contributed by atoms with Crippen molar-refractivity contribution in [1.82, 2.24) is 0 Å². The highest BCUT2D eigenvalue weighted by molar-refractivity contribution is 5.78. The maximum Gasteiger partial charge on any atom is 0.379 e. The first-order chi connectivity index (χ1) is 8.43. The first-order valence-corrected chi connectivity index (χ1v) is 5.24. The number of nitrogens with zero attached hydrogens (tertiary/aromatic N) is 1. The van der Waals surface area contributed by atoms with Gasteiger partial charge in [0.05, 0.1) is 18.2 Å². The van der Waals surface area contributed by atoms with Crippen LogP contribution in [0.5, 0.6) is 0 Å². The molecule has 0 aliphatic heterocycles. The maximum absolute atomic E-state index is 13.6. The van der Waals surface area contributed by atoms with Gasteiger partial charge in [0.25, 0.3) is 0 Å². The summed E-state index contributed by atoms with van der Waals surface area (Å²) in [6, 6.07) is 5.40. The van der Waals surface area contributed by atoms with Gasteiger partial charge >= 0.3 is 11.9 Å². The molecule has 0 unspecified atom stereocenters. The monoisotopic (exact) mass is 254 g/mol. The van der Waals surface area contributed by atoms with Crippen molar-refractivity contribution < 1.29 is 18.3 Å². The van der Waals surface area contributed by atoms with Crippen molar-refractivity contribution in [2.45, 2.75) is 18.9 Å². The third kappa shape index (κ3) is 2.81. The lowest BCUT2D eigenvalue weighted by atomic mass is 10.00. The van der Waals surface area contributed by atoms with Crippen molar-refractivity contribution in [3.63, 3.8) is 0 Å². The molecule has 0 amide bonds. The second-order valence-electron chi connectivity index (χ2n) is 3.56. The number of carbonyl (C=O) groups is 1. The van der Waals surface area contributed by atoms with Gasteiger partial charge in [-0.3, -0.25) is 0 Å². The topological polar surface area (TPSA) is 76.1 Å². The van der Waals surface area contributed by atoms with Crippen LogP contribution in [-0.4, -0.2) is 18.5 Å². The Morgan fingerprint density at radius 2 is 2.28 bits per heavy atom. The molecule has 1 rings (SSSR count). The molecule has 0 heterocycles. The molecular formula is C12H12F2N2O2. The van der Waals surface area contributed by atoms with E-state index >= 15 is 0 Å². The molecule has 6 heteroatoms. The fraction of sp³-hybridized carbons (Fsp3) is 0.333. The Kier molecular flexibility index (Phi) is 4.34. The first kappa shape index (κ1) is 14.1. The Hall–Kier alpha value is -2.00. The number of benzene rings is 1. The van der Waals surface area contributed by atoms with Crippen molar-refractivity contribution in [3.8, 4) is 6.07 Å². The Balaban J connectivity index is 3.01. The summed E-state index contributed by atoms with van der Waals surface area (Å²) in [5.41, 5.74) is 5.57. The van der Waals surface area contributed by atoms with Gasteiger partial charge in [0, 0.05) is 0 Å². The van der Waals surface area contributed by atoms with Gasteiger partial charge in [-0.15, -0.1) is 0 Å². The quantitative estimate of drug-likeness (QED) is 0.830. The highest BCUT2D eigenvalue weighted by Gasteiger charge is 2.47.